The Morgan fingerprint density at radius 2 is 1.72 bits per heavy atom. The van der Waals surface area contributed by atoms with Crippen molar-refractivity contribution in [3.63, 3.8) is 0 Å². The fourth-order valence-electron chi connectivity index (χ4n) is 4.31. The summed E-state index contributed by atoms with van der Waals surface area (Å²) in [5.74, 6) is -0.304. The summed E-state index contributed by atoms with van der Waals surface area (Å²) in [6, 6.07) is 14.9. The molecular weight excluding hydrogens is 438 g/mol. The predicted octanol–water partition coefficient (Wildman–Crippen LogP) is 7.93. The molecule has 2 atom stereocenters. The number of hydrogen-bond donors (Lipinski definition) is 1. The molecule has 0 aliphatic carbocycles. The molecule has 5 heteroatoms. The number of aliphatic carboxylic acids is 1. The molecule has 32 heavy (non-hydrogen) atoms. The summed E-state index contributed by atoms with van der Waals surface area (Å²) in [6.07, 6.45) is 0.579. The Morgan fingerprint density at radius 3 is 2.25 bits per heavy atom. The second-order valence-electron chi connectivity index (χ2n) is 10.8. The average molecular weight is 474 g/mol. The number of rotatable bonds is 7. The molecule has 0 amide bonds. The van der Waals surface area contributed by atoms with Gasteiger partial charge in [0.05, 0.1) is 10.7 Å². The number of halogens is 1. The zero-order chi connectivity index (χ0) is 23.8. The summed E-state index contributed by atoms with van der Waals surface area (Å²) < 4.78 is 0.0532. The molecule has 1 N–H and O–H groups in total. The molecule has 1 aliphatic heterocycles. The highest BCUT2D eigenvalue weighted by atomic mass is 35.5. The van der Waals surface area contributed by atoms with E-state index in [-0.39, 0.29) is 16.0 Å². The van der Waals surface area contributed by atoms with Crippen molar-refractivity contribution in [3.8, 4) is 0 Å². The van der Waals surface area contributed by atoms with Gasteiger partial charge >= 0.3 is 5.97 Å². The van der Waals surface area contributed by atoms with Crippen LogP contribution in [0.15, 0.2) is 42.5 Å². The number of anilines is 1. The summed E-state index contributed by atoms with van der Waals surface area (Å²) >= 11 is 8.07. The van der Waals surface area contributed by atoms with Crippen LogP contribution in [0, 0.1) is 5.41 Å². The number of hydrogen-bond acceptors (Lipinski definition) is 3. The van der Waals surface area contributed by atoms with E-state index in [2.05, 4.69) is 69.9 Å². The Morgan fingerprint density at radius 1 is 1.09 bits per heavy atom. The number of fused-ring (bicyclic) bond motifs is 1. The van der Waals surface area contributed by atoms with Gasteiger partial charge in [-0.2, -0.15) is 0 Å². The van der Waals surface area contributed by atoms with E-state index in [0.717, 1.165) is 11.6 Å². The Labute approximate surface area is 202 Å². The van der Waals surface area contributed by atoms with E-state index in [1.165, 1.54) is 22.4 Å². The van der Waals surface area contributed by atoms with E-state index >= 15 is 0 Å². The molecule has 1 aliphatic rings. The number of nitrogens with zero attached hydrogens (tertiary/aromatic N) is 1. The van der Waals surface area contributed by atoms with E-state index in [0.29, 0.717) is 12.3 Å². The SMILES string of the molecule is CC(C)c1ccc2c(c1)C(SC(C)(C)C)C(CC(C)(C)C(=O)O)N2Cc1ccc(Cl)cc1. The molecule has 0 spiro atoms. The van der Waals surface area contributed by atoms with Gasteiger partial charge in [-0.25, -0.2) is 0 Å². The molecule has 2 unspecified atom stereocenters. The lowest BCUT2D eigenvalue weighted by Gasteiger charge is -2.36. The lowest BCUT2D eigenvalue weighted by atomic mass is 9.84. The standard InChI is InChI=1S/C27H36ClNO2S/c1-17(2)19-10-13-22-21(14-19)24(32-26(3,4)5)23(15-27(6,7)25(30)31)29(22)16-18-8-11-20(28)12-9-18/h8-14,17,23-24H,15-16H2,1-7H3,(H,30,31). The fourth-order valence-corrected chi connectivity index (χ4v) is 5.91. The molecule has 0 aromatic heterocycles. The van der Waals surface area contributed by atoms with Gasteiger partial charge in [0.15, 0.2) is 0 Å². The van der Waals surface area contributed by atoms with Crippen molar-refractivity contribution in [1.82, 2.24) is 0 Å². The number of carbonyl (C=O) groups is 1. The van der Waals surface area contributed by atoms with Crippen molar-refractivity contribution in [2.24, 2.45) is 5.41 Å². The topological polar surface area (TPSA) is 40.5 Å². The molecule has 2 aromatic rings. The highest BCUT2D eigenvalue weighted by molar-refractivity contribution is 8.00. The van der Waals surface area contributed by atoms with Crippen molar-refractivity contribution >= 4 is 35.0 Å². The normalized spacial score (nSPS) is 18.8. The first-order valence-corrected chi connectivity index (χ1v) is 12.6. The van der Waals surface area contributed by atoms with E-state index < -0.39 is 11.4 Å². The Balaban J connectivity index is 2.11. The monoisotopic (exact) mass is 473 g/mol. The van der Waals surface area contributed by atoms with E-state index in [4.69, 9.17) is 11.6 Å². The van der Waals surface area contributed by atoms with Crippen molar-refractivity contribution in [1.29, 1.82) is 0 Å². The minimum atomic E-state index is -0.817. The molecule has 0 fully saturated rings. The molecule has 0 saturated heterocycles. The van der Waals surface area contributed by atoms with E-state index in [9.17, 15) is 9.90 Å². The van der Waals surface area contributed by atoms with E-state index in [1.807, 2.05) is 37.7 Å². The van der Waals surface area contributed by atoms with Gasteiger partial charge in [0, 0.05) is 28.0 Å². The summed E-state index contributed by atoms with van der Waals surface area (Å²) in [6.45, 7) is 15.6. The zero-order valence-corrected chi connectivity index (χ0v) is 21.8. The predicted molar refractivity (Wildman–Crippen MR) is 138 cm³/mol. The van der Waals surface area contributed by atoms with Crippen LogP contribution < -0.4 is 4.90 Å². The molecule has 3 nitrogen and oxygen atoms in total. The van der Waals surface area contributed by atoms with Gasteiger partial charge in [-0.05, 0) is 61.1 Å². The van der Waals surface area contributed by atoms with E-state index in [1.54, 1.807) is 0 Å². The smallest absolute Gasteiger partial charge is 0.309 e. The van der Waals surface area contributed by atoms with Gasteiger partial charge in [0.25, 0.3) is 0 Å². The van der Waals surface area contributed by atoms with Crippen LogP contribution in [0.25, 0.3) is 0 Å². The summed E-state index contributed by atoms with van der Waals surface area (Å²) in [5, 5.41) is 10.8. The maximum absolute atomic E-state index is 12.1. The number of carboxylic acids is 1. The van der Waals surface area contributed by atoms with Crippen LogP contribution in [-0.4, -0.2) is 21.9 Å². The third-order valence-electron chi connectivity index (χ3n) is 6.13. The number of benzene rings is 2. The third-order valence-corrected chi connectivity index (χ3v) is 7.91. The Kier molecular flexibility index (Phi) is 7.26. The van der Waals surface area contributed by atoms with Crippen LogP contribution >= 0.6 is 23.4 Å². The van der Waals surface area contributed by atoms with Gasteiger partial charge in [-0.15, -0.1) is 11.8 Å². The third kappa shape index (κ3) is 5.63. The number of thioether (sulfide) groups is 1. The summed E-state index contributed by atoms with van der Waals surface area (Å²) in [4.78, 5) is 14.5. The Bertz CT molecular complexity index is 963. The molecule has 2 aromatic carbocycles. The molecule has 0 bridgehead atoms. The maximum Gasteiger partial charge on any atom is 0.309 e. The largest absolute Gasteiger partial charge is 0.481 e. The minimum Gasteiger partial charge on any atom is -0.481 e. The minimum absolute atomic E-state index is 0.0532. The van der Waals surface area contributed by atoms with Gasteiger partial charge in [-0.1, -0.05) is 70.5 Å². The van der Waals surface area contributed by atoms with Crippen molar-refractivity contribution in [3.05, 3.63) is 64.2 Å². The van der Waals surface area contributed by atoms with Gasteiger partial charge in [0.1, 0.15) is 0 Å². The number of carboxylic acid groups (broad SMARTS) is 1. The molecule has 0 saturated carbocycles. The highest BCUT2D eigenvalue weighted by Crippen LogP contribution is 2.54. The van der Waals surface area contributed by atoms with Crippen LogP contribution in [0.2, 0.25) is 5.02 Å². The highest BCUT2D eigenvalue weighted by Gasteiger charge is 2.45. The van der Waals surface area contributed by atoms with Crippen LogP contribution in [-0.2, 0) is 11.3 Å². The fraction of sp³-hybridized carbons (Fsp3) is 0.519. The average Bonchev–Trinajstić information content (AvgIpc) is 2.94. The summed E-state index contributed by atoms with van der Waals surface area (Å²) in [5.41, 5.74) is 4.23. The zero-order valence-electron chi connectivity index (χ0n) is 20.3. The molecule has 3 rings (SSSR count). The van der Waals surface area contributed by atoms with Gasteiger partial charge in [0.2, 0.25) is 0 Å². The quantitative estimate of drug-likeness (QED) is 0.443. The Hall–Kier alpha value is -1.65. The van der Waals surface area contributed by atoms with Crippen LogP contribution in [0.5, 0.6) is 0 Å². The lowest BCUT2D eigenvalue weighted by Crippen LogP contribution is -2.40. The molecule has 0 radical (unpaired) electrons. The first-order chi connectivity index (χ1) is 14.8. The van der Waals surface area contributed by atoms with Crippen LogP contribution in [0.1, 0.15) is 82.7 Å². The molecular formula is C27H36ClNO2S. The lowest BCUT2D eigenvalue weighted by molar-refractivity contribution is -0.147. The molecule has 1 heterocycles. The van der Waals surface area contributed by atoms with Gasteiger partial charge < -0.3 is 10.0 Å². The summed E-state index contributed by atoms with van der Waals surface area (Å²) in [7, 11) is 0. The maximum atomic E-state index is 12.1. The first-order valence-electron chi connectivity index (χ1n) is 11.3. The van der Waals surface area contributed by atoms with Crippen LogP contribution in [0.3, 0.4) is 0 Å². The van der Waals surface area contributed by atoms with Crippen molar-refractivity contribution in [2.75, 3.05) is 4.90 Å². The second kappa shape index (κ2) is 9.30. The van der Waals surface area contributed by atoms with Gasteiger partial charge in [-0.3, -0.25) is 4.79 Å². The second-order valence-corrected chi connectivity index (χ2v) is 13.2. The van der Waals surface area contributed by atoms with Crippen LogP contribution in [0.4, 0.5) is 5.69 Å². The first kappa shape index (κ1) is 25.0. The van der Waals surface area contributed by atoms with Crippen molar-refractivity contribution in [2.45, 2.75) is 83.4 Å². The molecule has 174 valence electrons. The van der Waals surface area contributed by atoms with Crippen molar-refractivity contribution < 1.29 is 9.90 Å².